The van der Waals surface area contributed by atoms with Crippen molar-refractivity contribution in [3.63, 3.8) is 0 Å². The number of aromatic nitrogens is 5. The zero-order valence-corrected chi connectivity index (χ0v) is 23.5. The van der Waals surface area contributed by atoms with E-state index in [9.17, 15) is 0 Å². The fourth-order valence-corrected chi connectivity index (χ4v) is 5.26. The van der Waals surface area contributed by atoms with Crippen LogP contribution in [-0.2, 0) is 13.1 Å². The number of benzene rings is 1. The van der Waals surface area contributed by atoms with Crippen LogP contribution in [0.15, 0.2) is 28.9 Å². The van der Waals surface area contributed by atoms with Crippen molar-refractivity contribution in [2.24, 2.45) is 0 Å². The molecule has 1 aromatic carbocycles. The molecule has 10 heteroatoms. The van der Waals surface area contributed by atoms with Gasteiger partial charge in [-0.3, -0.25) is 0 Å². The van der Waals surface area contributed by atoms with E-state index in [1.807, 2.05) is 52.2 Å². The van der Waals surface area contributed by atoms with Crippen LogP contribution in [0, 0.1) is 20.8 Å². The molecule has 6 rings (SSSR count). The lowest BCUT2D eigenvalue weighted by atomic mass is 10.0. The number of aryl methyl sites for hydroxylation is 2. The molecule has 3 aromatic heterocycles. The van der Waals surface area contributed by atoms with Gasteiger partial charge < -0.3 is 19.5 Å². The first-order chi connectivity index (χ1) is 18.9. The molecule has 0 spiro atoms. The number of hydrogen-bond acceptors (Lipinski definition) is 9. The van der Waals surface area contributed by atoms with Crippen LogP contribution in [0.5, 0.6) is 5.75 Å². The van der Waals surface area contributed by atoms with Crippen molar-refractivity contribution in [2.45, 2.75) is 59.0 Å². The van der Waals surface area contributed by atoms with Crippen LogP contribution >= 0.6 is 11.6 Å². The minimum Gasteiger partial charge on any atom is -0.494 e. The number of anilines is 1. The Balaban J connectivity index is 1.42. The van der Waals surface area contributed by atoms with Gasteiger partial charge in [0, 0.05) is 35.3 Å². The number of hydrogen-bond donors (Lipinski definition) is 1. The Morgan fingerprint density at radius 2 is 1.97 bits per heavy atom. The van der Waals surface area contributed by atoms with Crippen molar-refractivity contribution in [2.75, 3.05) is 25.1 Å². The molecule has 1 N–H and O–H groups in total. The van der Waals surface area contributed by atoms with Gasteiger partial charge in [0.25, 0.3) is 0 Å². The molecule has 4 heterocycles. The zero-order valence-electron chi connectivity index (χ0n) is 22.7. The van der Waals surface area contributed by atoms with Gasteiger partial charge in [-0.1, -0.05) is 16.8 Å². The lowest BCUT2D eigenvalue weighted by Crippen LogP contribution is -2.19. The van der Waals surface area contributed by atoms with E-state index < -0.39 is 0 Å². The van der Waals surface area contributed by atoms with Gasteiger partial charge in [-0.2, -0.15) is 0 Å². The van der Waals surface area contributed by atoms with E-state index >= 15 is 0 Å². The molecule has 1 aliphatic heterocycles. The van der Waals surface area contributed by atoms with Crippen molar-refractivity contribution in [1.29, 1.82) is 0 Å². The Labute approximate surface area is 233 Å². The summed E-state index contributed by atoms with van der Waals surface area (Å²) >= 11 is 6.72. The summed E-state index contributed by atoms with van der Waals surface area (Å²) in [5, 5.41) is 7.89. The fraction of sp³-hybridized carbons (Fsp3) is 0.414. The van der Waals surface area contributed by atoms with Crippen LogP contribution in [0.25, 0.3) is 22.6 Å². The Bertz CT molecular complexity index is 1510. The number of rotatable bonds is 9. The smallest absolute Gasteiger partial charge is 0.163 e. The van der Waals surface area contributed by atoms with Crippen molar-refractivity contribution in [3.8, 4) is 28.4 Å². The summed E-state index contributed by atoms with van der Waals surface area (Å²) < 4.78 is 11.5. The normalized spacial score (nSPS) is 14.6. The maximum atomic E-state index is 6.72. The predicted molar refractivity (Wildman–Crippen MR) is 150 cm³/mol. The SMILES string of the molecule is CNCCCOc1ccc(Cl)c(-c2nc(-c3c(C)noc3C)c(C)c(N3Cc4cnc(C5CC5)nc4C3)n2)c1. The van der Waals surface area contributed by atoms with E-state index in [4.69, 9.17) is 35.8 Å². The largest absolute Gasteiger partial charge is 0.494 e. The van der Waals surface area contributed by atoms with Gasteiger partial charge >= 0.3 is 0 Å². The highest BCUT2D eigenvalue weighted by Gasteiger charge is 2.31. The topological polar surface area (TPSA) is 102 Å². The minimum atomic E-state index is 0.512. The number of halogens is 1. The first-order valence-corrected chi connectivity index (χ1v) is 13.8. The molecule has 1 fully saturated rings. The molecule has 202 valence electrons. The standard InChI is InChI=1S/C29H32ClN7O2/c1-16-26(25-17(2)36-39-18(25)3)34-28(22-12-21(8-9-23(22)30)38-11-5-10-31-4)35-29(16)37-14-20-13-32-27(19-6-7-19)33-24(20)15-37/h8-9,12-13,19,31H,5-7,10-11,14-15H2,1-4H3. The molecule has 39 heavy (non-hydrogen) atoms. The van der Waals surface area contributed by atoms with E-state index in [1.54, 1.807) is 0 Å². The lowest BCUT2D eigenvalue weighted by Gasteiger charge is -2.21. The monoisotopic (exact) mass is 545 g/mol. The highest BCUT2D eigenvalue weighted by Crippen LogP contribution is 2.41. The second-order valence-corrected chi connectivity index (χ2v) is 10.7. The van der Waals surface area contributed by atoms with Crippen LogP contribution in [0.4, 0.5) is 5.82 Å². The van der Waals surface area contributed by atoms with Gasteiger partial charge in [-0.15, -0.1) is 0 Å². The van der Waals surface area contributed by atoms with Gasteiger partial charge in [0.15, 0.2) is 5.82 Å². The summed E-state index contributed by atoms with van der Waals surface area (Å²) in [7, 11) is 1.93. The highest BCUT2D eigenvalue weighted by atomic mass is 35.5. The molecule has 4 aromatic rings. The summed E-state index contributed by atoms with van der Waals surface area (Å²) in [4.78, 5) is 21.9. The van der Waals surface area contributed by atoms with Gasteiger partial charge in [-0.25, -0.2) is 19.9 Å². The van der Waals surface area contributed by atoms with Crippen LogP contribution in [0.2, 0.25) is 5.02 Å². The first kappa shape index (κ1) is 25.7. The summed E-state index contributed by atoms with van der Waals surface area (Å²) in [6, 6.07) is 5.63. The summed E-state index contributed by atoms with van der Waals surface area (Å²) in [6.45, 7) is 8.72. The van der Waals surface area contributed by atoms with Crippen LogP contribution in [0.3, 0.4) is 0 Å². The maximum Gasteiger partial charge on any atom is 0.163 e. The van der Waals surface area contributed by atoms with E-state index in [1.165, 1.54) is 12.8 Å². The Morgan fingerprint density at radius 3 is 2.72 bits per heavy atom. The average Bonchev–Trinajstić information content (AvgIpc) is 3.62. The molecule has 1 saturated carbocycles. The number of fused-ring (bicyclic) bond motifs is 1. The third kappa shape index (κ3) is 5.08. The van der Waals surface area contributed by atoms with E-state index in [0.29, 0.717) is 47.8 Å². The lowest BCUT2D eigenvalue weighted by molar-refractivity contribution is 0.310. The van der Waals surface area contributed by atoms with Crippen molar-refractivity contribution in [3.05, 3.63) is 63.5 Å². The Kier molecular flexibility index (Phi) is 6.95. The average molecular weight is 546 g/mol. The molecule has 0 unspecified atom stereocenters. The number of ether oxygens (including phenoxy) is 1. The van der Waals surface area contributed by atoms with Crippen LogP contribution < -0.4 is 15.0 Å². The predicted octanol–water partition coefficient (Wildman–Crippen LogP) is 5.55. The summed E-state index contributed by atoms with van der Waals surface area (Å²) in [6.07, 6.45) is 5.23. The van der Waals surface area contributed by atoms with Gasteiger partial charge in [-0.05, 0) is 71.8 Å². The fourth-order valence-electron chi connectivity index (χ4n) is 5.06. The molecule has 0 atom stereocenters. The van der Waals surface area contributed by atoms with Crippen molar-refractivity contribution in [1.82, 2.24) is 30.4 Å². The van der Waals surface area contributed by atoms with Gasteiger partial charge in [0.2, 0.25) is 0 Å². The van der Waals surface area contributed by atoms with Crippen LogP contribution in [0.1, 0.15) is 59.3 Å². The second-order valence-electron chi connectivity index (χ2n) is 10.3. The number of nitrogens with one attached hydrogen (secondary N) is 1. The van der Waals surface area contributed by atoms with E-state index in [-0.39, 0.29) is 0 Å². The molecule has 0 amide bonds. The van der Waals surface area contributed by atoms with Gasteiger partial charge in [0.1, 0.15) is 23.2 Å². The second kappa shape index (κ2) is 10.5. The first-order valence-electron chi connectivity index (χ1n) is 13.4. The molecule has 2 aliphatic rings. The van der Waals surface area contributed by atoms with Crippen molar-refractivity contribution >= 4 is 17.4 Å². The molecule has 9 nitrogen and oxygen atoms in total. The van der Waals surface area contributed by atoms with Crippen LogP contribution in [-0.4, -0.2) is 45.3 Å². The summed E-state index contributed by atoms with van der Waals surface area (Å²) in [5.41, 5.74) is 6.30. The third-order valence-electron chi connectivity index (χ3n) is 7.33. The summed E-state index contributed by atoms with van der Waals surface area (Å²) in [5.74, 6) is 4.27. The molecule has 0 bridgehead atoms. The molecular weight excluding hydrogens is 514 g/mol. The number of nitrogens with zero attached hydrogens (tertiary/aromatic N) is 6. The molecule has 0 saturated heterocycles. The third-order valence-corrected chi connectivity index (χ3v) is 7.66. The Hall–Kier alpha value is -3.56. The highest BCUT2D eigenvalue weighted by molar-refractivity contribution is 6.33. The van der Waals surface area contributed by atoms with E-state index in [2.05, 4.69) is 20.4 Å². The quantitative estimate of drug-likeness (QED) is 0.271. The maximum absolute atomic E-state index is 6.72. The zero-order chi connectivity index (χ0) is 27.1. The molecule has 0 radical (unpaired) electrons. The molecule has 1 aliphatic carbocycles. The van der Waals surface area contributed by atoms with Crippen molar-refractivity contribution < 1.29 is 9.26 Å². The minimum absolute atomic E-state index is 0.512. The van der Waals surface area contributed by atoms with Gasteiger partial charge in [0.05, 0.1) is 40.8 Å². The van der Waals surface area contributed by atoms with E-state index in [0.717, 1.165) is 64.1 Å². The molecular formula is C29H32ClN7O2. The Morgan fingerprint density at radius 1 is 1.13 bits per heavy atom.